The van der Waals surface area contributed by atoms with Gasteiger partial charge in [-0.05, 0) is 18.1 Å². The van der Waals surface area contributed by atoms with E-state index < -0.39 is 0 Å². The lowest BCUT2D eigenvalue weighted by molar-refractivity contribution is -0.121. The van der Waals surface area contributed by atoms with Gasteiger partial charge in [0, 0.05) is 36.9 Å². The molecular weight excluding hydrogens is 330 g/mol. The summed E-state index contributed by atoms with van der Waals surface area (Å²) in [6.45, 7) is 1.10. The lowest BCUT2D eigenvalue weighted by atomic mass is 9.96. The summed E-state index contributed by atoms with van der Waals surface area (Å²) in [5, 5.41) is 2.92. The molecule has 1 amide bonds. The monoisotopic (exact) mass is 353 g/mol. The Hall–Kier alpha value is -2.82. The summed E-state index contributed by atoms with van der Waals surface area (Å²) in [4.78, 5) is 24.1. The highest BCUT2D eigenvalue weighted by Gasteiger charge is 2.21. The van der Waals surface area contributed by atoms with Crippen LogP contribution in [0.4, 0.5) is 0 Å². The minimum Gasteiger partial charge on any atom is -0.497 e. The zero-order chi connectivity index (χ0) is 18.4. The highest BCUT2D eigenvalue weighted by atomic mass is 16.5. The van der Waals surface area contributed by atoms with E-state index in [0.29, 0.717) is 18.7 Å². The molecule has 1 N–H and O–H groups in total. The molecule has 2 aromatic rings. The molecule has 0 bridgehead atoms. The number of hydrogen-bond acceptors (Lipinski definition) is 4. The summed E-state index contributed by atoms with van der Waals surface area (Å²) in [6, 6.07) is 14.9. The van der Waals surface area contributed by atoms with Crippen molar-refractivity contribution in [3.05, 3.63) is 59.7 Å². The first-order valence-electron chi connectivity index (χ1n) is 8.80. The number of benzene rings is 2. The first-order valence-corrected chi connectivity index (χ1v) is 8.80. The smallest absolute Gasteiger partial charge is 0.220 e. The van der Waals surface area contributed by atoms with E-state index in [1.165, 1.54) is 0 Å². The maximum Gasteiger partial charge on any atom is 0.220 e. The van der Waals surface area contributed by atoms with Gasteiger partial charge in [0.15, 0.2) is 5.78 Å². The summed E-state index contributed by atoms with van der Waals surface area (Å²) in [5.74, 6) is 1.74. The van der Waals surface area contributed by atoms with Crippen LogP contribution in [0.3, 0.4) is 0 Å². The van der Waals surface area contributed by atoms with E-state index in [4.69, 9.17) is 9.47 Å². The molecule has 5 heteroatoms. The number of nitrogens with one attached hydrogen (secondary N) is 1. The van der Waals surface area contributed by atoms with Crippen LogP contribution in [-0.2, 0) is 11.2 Å². The van der Waals surface area contributed by atoms with Crippen molar-refractivity contribution < 1.29 is 19.1 Å². The second-order valence-corrected chi connectivity index (χ2v) is 6.45. The second kappa shape index (κ2) is 8.52. The predicted octanol–water partition coefficient (Wildman–Crippen LogP) is 3.03. The molecule has 0 spiro atoms. The molecule has 136 valence electrons. The average Bonchev–Trinajstić information content (AvgIpc) is 2.70. The zero-order valence-electron chi connectivity index (χ0n) is 14.9. The maximum atomic E-state index is 12.0. The van der Waals surface area contributed by atoms with E-state index in [9.17, 15) is 9.59 Å². The number of ether oxygens (including phenoxy) is 2. The topological polar surface area (TPSA) is 64.6 Å². The van der Waals surface area contributed by atoms with Crippen molar-refractivity contribution in [3.63, 3.8) is 0 Å². The highest BCUT2D eigenvalue weighted by Crippen LogP contribution is 2.30. The normalized spacial score (nSPS) is 15.5. The van der Waals surface area contributed by atoms with Gasteiger partial charge in [0.2, 0.25) is 5.91 Å². The molecule has 0 saturated carbocycles. The quantitative estimate of drug-likeness (QED) is 0.777. The Bertz CT molecular complexity index is 773. The van der Waals surface area contributed by atoms with Crippen molar-refractivity contribution in [2.45, 2.75) is 19.3 Å². The summed E-state index contributed by atoms with van der Waals surface area (Å²) < 4.78 is 11.0. The van der Waals surface area contributed by atoms with Gasteiger partial charge in [0.05, 0.1) is 13.7 Å². The molecule has 5 nitrogen and oxygen atoms in total. The van der Waals surface area contributed by atoms with Gasteiger partial charge in [0.25, 0.3) is 0 Å². The molecule has 3 rings (SSSR count). The van der Waals surface area contributed by atoms with Crippen molar-refractivity contribution in [3.8, 4) is 11.5 Å². The maximum absolute atomic E-state index is 12.0. The number of carbonyl (C=O) groups is 2. The van der Waals surface area contributed by atoms with E-state index >= 15 is 0 Å². The molecule has 0 saturated heterocycles. The number of rotatable bonds is 7. The Labute approximate surface area is 153 Å². The Morgan fingerprint density at radius 2 is 1.96 bits per heavy atom. The Morgan fingerprint density at radius 3 is 2.73 bits per heavy atom. The van der Waals surface area contributed by atoms with E-state index in [0.717, 1.165) is 23.5 Å². The standard InChI is InChI=1S/C21H23NO4/c1-25-18-8-7-17-11-15(14-26-20(17)12-18)13-22-21(24)10-9-19(23)16-5-3-2-4-6-16/h2-8,12,15H,9-11,13-14H2,1H3,(H,22,24)/t15-/m0/s1. The van der Waals surface area contributed by atoms with Crippen LogP contribution >= 0.6 is 0 Å². The second-order valence-electron chi connectivity index (χ2n) is 6.45. The fraction of sp³-hybridized carbons (Fsp3) is 0.333. The number of hydrogen-bond donors (Lipinski definition) is 1. The van der Waals surface area contributed by atoms with Gasteiger partial charge in [0.1, 0.15) is 11.5 Å². The third-order valence-corrected chi connectivity index (χ3v) is 4.52. The molecule has 1 aliphatic rings. The number of fused-ring (bicyclic) bond motifs is 1. The van der Waals surface area contributed by atoms with Crippen LogP contribution in [0.25, 0.3) is 0 Å². The lowest BCUT2D eigenvalue weighted by Gasteiger charge is -2.25. The fourth-order valence-electron chi connectivity index (χ4n) is 3.02. The van der Waals surface area contributed by atoms with Crippen LogP contribution in [0.2, 0.25) is 0 Å². The van der Waals surface area contributed by atoms with E-state index in [1.807, 2.05) is 36.4 Å². The average molecular weight is 353 g/mol. The molecule has 26 heavy (non-hydrogen) atoms. The molecule has 0 unspecified atom stereocenters. The molecule has 1 aliphatic heterocycles. The third-order valence-electron chi connectivity index (χ3n) is 4.52. The SMILES string of the molecule is COc1ccc2c(c1)OC[C@H](CNC(=O)CCC(=O)c1ccccc1)C2. The van der Waals surface area contributed by atoms with Gasteiger partial charge in [-0.1, -0.05) is 36.4 Å². The van der Waals surface area contributed by atoms with Crippen molar-refractivity contribution in [1.82, 2.24) is 5.32 Å². The highest BCUT2D eigenvalue weighted by molar-refractivity contribution is 5.97. The molecule has 1 heterocycles. The summed E-state index contributed by atoms with van der Waals surface area (Å²) in [6.07, 6.45) is 1.28. The van der Waals surface area contributed by atoms with Crippen LogP contribution in [-0.4, -0.2) is 32.0 Å². The van der Waals surface area contributed by atoms with Gasteiger partial charge in [-0.25, -0.2) is 0 Å². The van der Waals surface area contributed by atoms with E-state index in [1.54, 1.807) is 19.2 Å². The van der Waals surface area contributed by atoms with Gasteiger partial charge in [-0.3, -0.25) is 9.59 Å². The van der Waals surface area contributed by atoms with Crippen LogP contribution in [0.5, 0.6) is 11.5 Å². The Morgan fingerprint density at radius 1 is 1.15 bits per heavy atom. The van der Waals surface area contributed by atoms with Crippen molar-refractivity contribution in [2.75, 3.05) is 20.3 Å². The summed E-state index contributed by atoms with van der Waals surface area (Å²) in [5.41, 5.74) is 1.77. The number of amides is 1. The molecule has 0 aliphatic carbocycles. The molecule has 0 fully saturated rings. The molecule has 1 atom stereocenters. The minimum absolute atomic E-state index is 0.00961. The first kappa shape index (κ1) is 18.0. The van der Waals surface area contributed by atoms with Crippen LogP contribution in [0.15, 0.2) is 48.5 Å². The van der Waals surface area contributed by atoms with Gasteiger partial charge >= 0.3 is 0 Å². The largest absolute Gasteiger partial charge is 0.497 e. The minimum atomic E-state index is -0.102. The molecule has 0 radical (unpaired) electrons. The Balaban J connectivity index is 1.43. The summed E-state index contributed by atoms with van der Waals surface area (Å²) >= 11 is 0. The zero-order valence-corrected chi connectivity index (χ0v) is 14.9. The van der Waals surface area contributed by atoms with Crippen molar-refractivity contribution >= 4 is 11.7 Å². The molecule has 0 aromatic heterocycles. The number of methoxy groups -OCH3 is 1. The predicted molar refractivity (Wildman–Crippen MR) is 98.7 cm³/mol. The van der Waals surface area contributed by atoms with E-state index in [-0.39, 0.29) is 30.4 Å². The van der Waals surface area contributed by atoms with E-state index in [2.05, 4.69) is 5.32 Å². The van der Waals surface area contributed by atoms with Crippen molar-refractivity contribution in [1.29, 1.82) is 0 Å². The van der Waals surface area contributed by atoms with Crippen molar-refractivity contribution in [2.24, 2.45) is 5.92 Å². The first-order chi connectivity index (χ1) is 12.7. The number of Topliss-reactive ketones (excluding diaryl/α,β-unsaturated/α-hetero) is 1. The fourth-order valence-corrected chi connectivity index (χ4v) is 3.02. The third kappa shape index (κ3) is 4.63. The number of carbonyl (C=O) groups excluding carboxylic acids is 2. The lowest BCUT2D eigenvalue weighted by Crippen LogP contribution is -2.34. The van der Waals surface area contributed by atoms with Crippen LogP contribution < -0.4 is 14.8 Å². The van der Waals surface area contributed by atoms with Gasteiger partial charge in [-0.15, -0.1) is 0 Å². The van der Waals surface area contributed by atoms with Gasteiger partial charge in [-0.2, -0.15) is 0 Å². The summed E-state index contributed by atoms with van der Waals surface area (Å²) in [7, 11) is 1.63. The molecule has 2 aromatic carbocycles. The number of ketones is 1. The Kier molecular flexibility index (Phi) is 5.89. The van der Waals surface area contributed by atoms with Crippen LogP contribution in [0.1, 0.15) is 28.8 Å². The van der Waals surface area contributed by atoms with Crippen LogP contribution in [0, 0.1) is 5.92 Å². The van der Waals surface area contributed by atoms with Gasteiger partial charge < -0.3 is 14.8 Å². The molecular formula is C21H23NO4.